The van der Waals surface area contributed by atoms with E-state index in [0.717, 1.165) is 5.19 Å². The molecule has 0 fully saturated rings. The van der Waals surface area contributed by atoms with Crippen molar-refractivity contribution in [2.24, 2.45) is 0 Å². The second-order valence-electron chi connectivity index (χ2n) is 16.5. The third kappa shape index (κ3) is 22.6. The predicted octanol–water partition coefficient (Wildman–Crippen LogP) is 12.1. The first kappa shape index (κ1) is 59.9. The van der Waals surface area contributed by atoms with Crippen molar-refractivity contribution in [2.75, 3.05) is 13.2 Å². The highest BCUT2D eigenvalue weighted by Crippen LogP contribution is 2.31. The van der Waals surface area contributed by atoms with Gasteiger partial charge in [0, 0.05) is 17.2 Å². The van der Waals surface area contributed by atoms with Crippen molar-refractivity contribution in [3.63, 3.8) is 0 Å². The van der Waals surface area contributed by atoms with Crippen LogP contribution >= 0.6 is 55.4 Å². The number of ether oxygens (including phenoxy) is 2. The van der Waals surface area contributed by atoms with Crippen LogP contribution in [-0.4, -0.2) is 71.6 Å². The smallest absolute Gasteiger partial charge is 0.462 e. The molecule has 0 unspecified atom stereocenters. The van der Waals surface area contributed by atoms with Gasteiger partial charge in [-0.15, -0.1) is 55.4 Å². The molecule has 64 heavy (non-hydrogen) atoms. The van der Waals surface area contributed by atoms with Gasteiger partial charge >= 0.3 is 26.7 Å². The largest absolute Gasteiger partial charge is 0.470 e. The van der Waals surface area contributed by atoms with Gasteiger partial charge in [0.15, 0.2) is 0 Å². The molecule has 18 heteroatoms. The molecule has 4 rings (SSSR count). The summed E-state index contributed by atoms with van der Waals surface area (Å²) in [4.78, 5) is 23.0. The van der Waals surface area contributed by atoms with Crippen molar-refractivity contribution in [2.45, 2.75) is 92.0 Å². The Hall–Kier alpha value is -2.07. The van der Waals surface area contributed by atoms with Gasteiger partial charge in [-0.05, 0) is 99.3 Å². The Bertz CT molecular complexity index is 1890. The van der Waals surface area contributed by atoms with E-state index in [1.807, 2.05) is 55.1 Å². The molecule has 0 aliphatic heterocycles. The van der Waals surface area contributed by atoms with Gasteiger partial charge in [-0.25, -0.2) is 9.59 Å². The van der Waals surface area contributed by atoms with E-state index in [4.69, 9.17) is 77.2 Å². The minimum absolute atomic E-state index is 0. The van der Waals surface area contributed by atoms with Crippen LogP contribution in [0.3, 0.4) is 0 Å². The number of hydrogen-bond donors (Lipinski definition) is 0. The van der Waals surface area contributed by atoms with Crippen LogP contribution in [0, 0.1) is 0 Å². The number of esters is 2. The van der Waals surface area contributed by atoms with Gasteiger partial charge in [-0.2, -0.15) is 0 Å². The zero-order valence-electron chi connectivity index (χ0n) is 38.0. The Morgan fingerprint density at radius 1 is 0.469 bits per heavy atom. The van der Waals surface area contributed by atoms with Crippen LogP contribution in [0.1, 0.15) is 34.1 Å². The van der Waals surface area contributed by atoms with Crippen molar-refractivity contribution in [1.82, 2.24) is 0 Å². The first-order chi connectivity index (χ1) is 29.2. The summed E-state index contributed by atoms with van der Waals surface area (Å²) in [6, 6.07) is 39.5. The molecule has 0 bridgehead atoms. The molecule has 0 aliphatic rings. The Kier molecular flexibility index (Phi) is 25.9. The van der Waals surface area contributed by atoms with Crippen molar-refractivity contribution in [1.29, 1.82) is 0 Å². The summed E-state index contributed by atoms with van der Waals surface area (Å²) < 4.78 is 32.3. The second-order valence-corrected chi connectivity index (χ2v) is 48.4. The van der Waals surface area contributed by atoms with Crippen LogP contribution in [-0.2, 0) is 31.4 Å². The summed E-state index contributed by atoms with van der Waals surface area (Å²) in [5.41, 5.74) is 0.770. The van der Waals surface area contributed by atoms with E-state index in [1.54, 1.807) is 13.8 Å². The lowest BCUT2D eigenvalue weighted by Crippen LogP contribution is -2.67. The molecule has 4 aromatic rings. The molecule has 0 atom stereocenters. The topological polar surface area (TPSA) is 80.3 Å². The average molecular weight is 1080 g/mol. The van der Waals surface area contributed by atoms with E-state index in [0.29, 0.717) is 36.1 Å². The first-order valence-corrected chi connectivity index (χ1v) is 41.0. The Morgan fingerprint density at radius 3 is 0.969 bits per heavy atom. The Balaban J connectivity index is 0.000000695. The summed E-state index contributed by atoms with van der Waals surface area (Å²) in [7, 11) is -10.8. The van der Waals surface area contributed by atoms with Crippen molar-refractivity contribution < 1.29 is 31.4 Å². The minimum Gasteiger partial charge on any atom is -0.462 e. The highest BCUT2D eigenvalue weighted by atomic mass is 35.8. The number of halogens is 5. The van der Waals surface area contributed by atoms with E-state index in [2.05, 4.69) is 125 Å². The van der Waals surface area contributed by atoms with E-state index in [1.165, 1.54) is 15.6 Å². The van der Waals surface area contributed by atoms with E-state index >= 15 is 0 Å². The molecule has 4 aromatic carbocycles. The molecule has 0 N–H and O–H groups in total. The van der Waals surface area contributed by atoms with Crippen LogP contribution in [0.4, 0.5) is 0 Å². The van der Waals surface area contributed by atoms with Crippen LogP contribution in [0.25, 0.3) is 0 Å². The summed E-state index contributed by atoms with van der Waals surface area (Å²) in [5.74, 6) is -0.780. The number of rotatable bonds is 20. The monoisotopic (exact) mass is 1070 g/mol. The van der Waals surface area contributed by atoms with Gasteiger partial charge in [-0.3, -0.25) is 0 Å². The maximum atomic E-state index is 12.1. The van der Waals surface area contributed by atoms with Gasteiger partial charge < -0.3 is 21.8 Å². The molecular weight excluding hydrogens is 1010 g/mol. The van der Waals surface area contributed by atoms with Crippen molar-refractivity contribution in [3.8, 4) is 0 Å². The summed E-state index contributed by atoms with van der Waals surface area (Å²) >= 11 is 28.8. The summed E-state index contributed by atoms with van der Waals surface area (Å²) in [6.45, 7) is 24.0. The van der Waals surface area contributed by atoms with Gasteiger partial charge in [0.05, 0.1) is 13.2 Å². The molecule has 0 amide bonds. The van der Waals surface area contributed by atoms with Crippen LogP contribution in [0.5, 0.6) is 0 Å². The lowest BCUT2D eigenvalue weighted by Gasteiger charge is -2.45. The average Bonchev–Trinajstić information content (AvgIpc) is 3.21. The molecule has 0 aliphatic carbocycles. The zero-order chi connectivity index (χ0) is 47.5. The summed E-state index contributed by atoms with van der Waals surface area (Å²) in [6.07, 6.45) is 1.16. The van der Waals surface area contributed by atoms with Gasteiger partial charge in [0.1, 0.15) is 0 Å². The lowest BCUT2D eigenvalue weighted by atomic mass is 10.4. The van der Waals surface area contributed by atoms with Gasteiger partial charge in [0.2, 0.25) is 25.0 Å². The third-order valence-corrected chi connectivity index (χ3v) is 30.6. The third-order valence-electron chi connectivity index (χ3n) is 9.31. The molecule has 352 valence electrons. The zero-order valence-corrected chi connectivity index (χ0v) is 47.7. The number of benzene rings is 4. The van der Waals surface area contributed by atoms with Crippen molar-refractivity contribution in [3.05, 3.63) is 146 Å². The predicted molar refractivity (Wildman–Crippen MR) is 290 cm³/mol. The molecule has 0 radical (unpaired) electrons. The number of hydrogen-bond acceptors (Lipinski definition) is 7. The maximum absolute atomic E-state index is 12.1. The molecule has 0 heterocycles. The molecule has 0 spiro atoms. The SMILES string of the molecule is C.C=C(C)C(=O)OCCC[Si](Cl)(Cl)Cl.C=C(C)C(=O)OCCC[Si](O[Si](C)(C)c1ccccc1)(O[Si](C)(C)c1ccccc1)O[Si](C)(C)c1ccccc1.C[Si](Cl)(Cl)c1ccccc1. The number of carbonyl (C=O) groups is 2. The quantitative estimate of drug-likeness (QED) is 0.0287. The molecular formula is C46H67Cl5O7Si6. The maximum Gasteiger partial charge on any atom is 0.470 e. The highest BCUT2D eigenvalue weighted by Gasteiger charge is 2.53. The van der Waals surface area contributed by atoms with Gasteiger partial charge in [-0.1, -0.05) is 142 Å². The Morgan fingerprint density at radius 2 is 0.734 bits per heavy atom. The van der Waals surface area contributed by atoms with Crippen LogP contribution < -0.4 is 20.7 Å². The first-order valence-electron chi connectivity index (χ1n) is 20.6. The normalized spacial score (nSPS) is 12.0. The molecule has 0 saturated heterocycles. The van der Waals surface area contributed by atoms with Gasteiger partial charge in [0.25, 0.3) is 6.69 Å². The van der Waals surface area contributed by atoms with E-state index in [-0.39, 0.29) is 26.6 Å². The van der Waals surface area contributed by atoms with Crippen LogP contribution in [0.15, 0.2) is 146 Å². The molecule has 0 aromatic heterocycles. The Labute approximate surface area is 413 Å². The lowest BCUT2D eigenvalue weighted by molar-refractivity contribution is -0.139. The minimum atomic E-state index is -3.38. The fourth-order valence-corrected chi connectivity index (χ4v) is 26.4. The summed E-state index contributed by atoms with van der Waals surface area (Å²) in [5, 5.41) is 4.63. The molecule has 7 nitrogen and oxygen atoms in total. The van der Waals surface area contributed by atoms with E-state index < -0.39 is 52.4 Å². The fraction of sp³-hybridized carbons (Fsp3) is 0.348. The fourth-order valence-electron chi connectivity index (χ4n) is 5.95. The second kappa shape index (κ2) is 27.7. The highest BCUT2D eigenvalue weighted by molar-refractivity contribution is 7.64. The van der Waals surface area contributed by atoms with Crippen LogP contribution in [0.2, 0.25) is 57.9 Å². The standard InChI is InChI=1S/C31H44O5Si4.C7H11Cl3O2Si.C7H8Cl2Si.CH4/c1-27(2)31(32)33-25-18-26-40(34-37(3,4)28-19-12-9-13-20-28,35-38(5,6)29-21-14-10-15-22-29)36-39(7,8)30-23-16-11-17-24-30;1-6(2)7(11)12-4-3-5-13(8,9)10;1-10(8,9)7-5-3-2-4-6-7;/h9-17,19-24H,1,18,25-26H2,2-8H3;1,3-5H2,2H3;2-6H,1H3;1H4. The number of carbonyl (C=O) groups excluding carboxylic acids is 2. The molecule has 0 saturated carbocycles. The van der Waals surface area contributed by atoms with Crippen molar-refractivity contribution >= 4 is 135 Å². The van der Waals surface area contributed by atoms with E-state index in [9.17, 15) is 9.59 Å².